The molecule has 2 amide bonds. The van der Waals surface area contributed by atoms with Crippen LogP contribution in [0.25, 0.3) is 0 Å². The number of aromatic nitrogens is 2. The highest BCUT2D eigenvalue weighted by atomic mass is 16.2. The molecule has 1 aromatic rings. The third kappa shape index (κ3) is 2.52. The Balaban J connectivity index is 2.03. The van der Waals surface area contributed by atoms with Crippen LogP contribution in [-0.2, 0) is 9.59 Å². The Hall–Kier alpha value is -1.85. The SMILES string of the molecule is CC[C@H](C(=O)Nc1ncc(C)[nH]1)N1CCCC1=O. The zero-order valence-corrected chi connectivity index (χ0v) is 10.7. The molecule has 0 radical (unpaired) electrons. The summed E-state index contributed by atoms with van der Waals surface area (Å²) in [5.41, 5.74) is 0.885. The Kier molecular flexibility index (Phi) is 3.64. The Bertz CT molecular complexity index is 455. The van der Waals surface area contributed by atoms with E-state index in [2.05, 4.69) is 15.3 Å². The first-order valence-electron chi connectivity index (χ1n) is 6.23. The standard InChI is InChI=1S/C12H18N4O2/c1-3-9(16-6-4-5-10(16)17)11(18)15-12-13-7-8(2)14-12/h7,9H,3-6H2,1-2H3,(H2,13,14,15,18)/t9-/m1/s1. The van der Waals surface area contributed by atoms with Gasteiger partial charge in [0, 0.05) is 24.9 Å². The van der Waals surface area contributed by atoms with Crippen molar-refractivity contribution in [3.63, 3.8) is 0 Å². The number of hydrogen-bond donors (Lipinski definition) is 2. The highest BCUT2D eigenvalue weighted by Gasteiger charge is 2.31. The molecule has 2 N–H and O–H groups in total. The van der Waals surface area contributed by atoms with Crippen LogP contribution < -0.4 is 5.32 Å². The molecule has 1 atom stereocenters. The van der Waals surface area contributed by atoms with Gasteiger partial charge in [-0.25, -0.2) is 4.98 Å². The van der Waals surface area contributed by atoms with Gasteiger partial charge in [0.15, 0.2) is 0 Å². The normalized spacial score (nSPS) is 17.0. The molecule has 1 aliphatic heterocycles. The number of carbonyl (C=O) groups is 2. The van der Waals surface area contributed by atoms with Crippen molar-refractivity contribution in [2.75, 3.05) is 11.9 Å². The van der Waals surface area contributed by atoms with Crippen LogP contribution in [0.1, 0.15) is 31.9 Å². The number of hydrogen-bond acceptors (Lipinski definition) is 3. The van der Waals surface area contributed by atoms with E-state index >= 15 is 0 Å². The maximum absolute atomic E-state index is 12.1. The highest BCUT2D eigenvalue weighted by Crippen LogP contribution is 2.17. The van der Waals surface area contributed by atoms with Crippen molar-refractivity contribution in [2.45, 2.75) is 39.2 Å². The molecule has 1 aromatic heterocycles. The van der Waals surface area contributed by atoms with Crippen LogP contribution in [0.3, 0.4) is 0 Å². The molecule has 0 aromatic carbocycles. The molecule has 6 nitrogen and oxygen atoms in total. The molecule has 1 aliphatic rings. The molecule has 0 bridgehead atoms. The second-order valence-corrected chi connectivity index (χ2v) is 4.52. The van der Waals surface area contributed by atoms with E-state index in [0.29, 0.717) is 25.3 Å². The van der Waals surface area contributed by atoms with Crippen molar-refractivity contribution < 1.29 is 9.59 Å². The molecule has 0 spiro atoms. The van der Waals surface area contributed by atoms with Crippen LogP contribution in [0.5, 0.6) is 0 Å². The summed E-state index contributed by atoms with van der Waals surface area (Å²) in [6.45, 7) is 4.44. The van der Waals surface area contributed by atoms with E-state index in [1.165, 1.54) is 0 Å². The van der Waals surface area contributed by atoms with Crippen LogP contribution in [0, 0.1) is 6.92 Å². The van der Waals surface area contributed by atoms with E-state index in [1.54, 1.807) is 11.1 Å². The highest BCUT2D eigenvalue weighted by molar-refractivity contribution is 5.96. The number of rotatable bonds is 4. The van der Waals surface area contributed by atoms with Gasteiger partial charge in [-0.15, -0.1) is 0 Å². The van der Waals surface area contributed by atoms with Crippen molar-refractivity contribution >= 4 is 17.8 Å². The van der Waals surface area contributed by atoms with Gasteiger partial charge >= 0.3 is 0 Å². The first-order valence-corrected chi connectivity index (χ1v) is 6.23. The lowest BCUT2D eigenvalue weighted by atomic mass is 10.2. The van der Waals surface area contributed by atoms with E-state index in [9.17, 15) is 9.59 Å². The molecule has 0 unspecified atom stereocenters. The van der Waals surface area contributed by atoms with Crippen LogP contribution >= 0.6 is 0 Å². The average molecular weight is 250 g/mol. The number of aromatic amines is 1. The Morgan fingerprint density at radius 3 is 2.94 bits per heavy atom. The number of aryl methyl sites for hydroxylation is 1. The molecule has 0 aliphatic carbocycles. The summed E-state index contributed by atoms with van der Waals surface area (Å²) in [4.78, 5) is 32.4. The molecule has 1 saturated heterocycles. The zero-order valence-electron chi connectivity index (χ0n) is 10.7. The third-order valence-corrected chi connectivity index (χ3v) is 3.12. The fourth-order valence-electron chi connectivity index (χ4n) is 2.22. The Morgan fingerprint density at radius 1 is 1.67 bits per heavy atom. The molecule has 2 rings (SSSR count). The first-order chi connectivity index (χ1) is 8.61. The maximum Gasteiger partial charge on any atom is 0.249 e. The number of likely N-dealkylation sites (tertiary alicyclic amines) is 1. The largest absolute Gasteiger partial charge is 0.331 e. The minimum atomic E-state index is -0.398. The number of nitrogens with zero attached hydrogens (tertiary/aromatic N) is 2. The topological polar surface area (TPSA) is 78.1 Å². The van der Waals surface area contributed by atoms with Crippen molar-refractivity contribution in [1.82, 2.24) is 14.9 Å². The summed E-state index contributed by atoms with van der Waals surface area (Å²) in [6, 6.07) is -0.398. The van der Waals surface area contributed by atoms with Gasteiger partial charge in [-0.2, -0.15) is 0 Å². The molecule has 18 heavy (non-hydrogen) atoms. The average Bonchev–Trinajstić information content (AvgIpc) is 2.90. The summed E-state index contributed by atoms with van der Waals surface area (Å²) in [5, 5.41) is 2.71. The number of anilines is 1. The van der Waals surface area contributed by atoms with E-state index < -0.39 is 6.04 Å². The Morgan fingerprint density at radius 2 is 2.44 bits per heavy atom. The van der Waals surface area contributed by atoms with Crippen molar-refractivity contribution in [2.24, 2.45) is 0 Å². The predicted octanol–water partition coefficient (Wildman–Crippen LogP) is 1.06. The van der Waals surface area contributed by atoms with E-state index in [-0.39, 0.29) is 11.8 Å². The third-order valence-electron chi connectivity index (χ3n) is 3.12. The predicted molar refractivity (Wildman–Crippen MR) is 67.0 cm³/mol. The van der Waals surface area contributed by atoms with Crippen LogP contribution in [-0.4, -0.2) is 39.3 Å². The minimum absolute atomic E-state index is 0.0626. The molecule has 98 valence electrons. The van der Waals surface area contributed by atoms with Gasteiger partial charge in [0.05, 0.1) is 0 Å². The Labute approximate surface area is 106 Å². The smallest absolute Gasteiger partial charge is 0.249 e. The number of amides is 2. The molecular formula is C12H18N4O2. The quantitative estimate of drug-likeness (QED) is 0.838. The second kappa shape index (κ2) is 5.20. The minimum Gasteiger partial charge on any atom is -0.331 e. The van der Waals surface area contributed by atoms with Crippen molar-refractivity contribution in [1.29, 1.82) is 0 Å². The fraction of sp³-hybridized carbons (Fsp3) is 0.583. The van der Waals surface area contributed by atoms with E-state index in [1.807, 2.05) is 13.8 Å². The van der Waals surface area contributed by atoms with Crippen molar-refractivity contribution in [3.05, 3.63) is 11.9 Å². The van der Waals surface area contributed by atoms with Gasteiger partial charge in [-0.3, -0.25) is 14.9 Å². The van der Waals surface area contributed by atoms with E-state index in [4.69, 9.17) is 0 Å². The molecule has 1 fully saturated rings. The molecular weight excluding hydrogens is 232 g/mol. The first kappa shape index (κ1) is 12.6. The monoisotopic (exact) mass is 250 g/mol. The summed E-state index contributed by atoms with van der Waals surface area (Å²) < 4.78 is 0. The van der Waals surface area contributed by atoms with Crippen LogP contribution in [0.15, 0.2) is 6.20 Å². The lowest BCUT2D eigenvalue weighted by molar-refractivity contribution is -0.135. The molecule has 2 heterocycles. The lowest BCUT2D eigenvalue weighted by Crippen LogP contribution is -2.44. The number of nitrogens with one attached hydrogen (secondary N) is 2. The number of imidazole rings is 1. The van der Waals surface area contributed by atoms with Crippen LogP contribution in [0.2, 0.25) is 0 Å². The lowest BCUT2D eigenvalue weighted by Gasteiger charge is -2.25. The van der Waals surface area contributed by atoms with Gasteiger partial charge in [0.25, 0.3) is 0 Å². The fourth-order valence-corrected chi connectivity index (χ4v) is 2.22. The van der Waals surface area contributed by atoms with E-state index in [0.717, 1.165) is 12.1 Å². The van der Waals surface area contributed by atoms with Gasteiger partial charge in [-0.1, -0.05) is 6.92 Å². The number of carbonyl (C=O) groups excluding carboxylic acids is 2. The molecule has 0 saturated carbocycles. The van der Waals surface area contributed by atoms with Gasteiger partial charge in [0.2, 0.25) is 17.8 Å². The van der Waals surface area contributed by atoms with Gasteiger partial charge < -0.3 is 9.88 Å². The summed E-state index contributed by atoms with van der Waals surface area (Å²) in [5.74, 6) is 0.317. The summed E-state index contributed by atoms with van der Waals surface area (Å²) in [6.07, 6.45) is 3.64. The van der Waals surface area contributed by atoms with Crippen LogP contribution in [0.4, 0.5) is 5.95 Å². The summed E-state index contributed by atoms with van der Waals surface area (Å²) >= 11 is 0. The van der Waals surface area contributed by atoms with Gasteiger partial charge in [-0.05, 0) is 19.8 Å². The molecule has 6 heteroatoms. The second-order valence-electron chi connectivity index (χ2n) is 4.52. The van der Waals surface area contributed by atoms with Gasteiger partial charge in [0.1, 0.15) is 6.04 Å². The number of H-pyrrole nitrogens is 1. The van der Waals surface area contributed by atoms with Crippen molar-refractivity contribution in [3.8, 4) is 0 Å². The zero-order chi connectivity index (χ0) is 13.1. The summed E-state index contributed by atoms with van der Waals surface area (Å²) in [7, 11) is 0. The maximum atomic E-state index is 12.1.